The van der Waals surface area contributed by atoms with Crippen molar-refractivity contribution in [2.75, 3.05) is 11.4 Å². The van der Waals surface area contributed by atoms with Crippen molar-refractivity contribution in [3.05, 3.63) is 58.4 Å². The Bertz CT molecular complexity index is 716. The second kappa shape index (κ2) is 6.07. The average Bonchev–Trinajstić information content (AvgIpc) is 2.47. The Labute approximate surface area is 134 Å². The van der Waals surface area contributed by atoms with Gasteiger partial charge in [0, 0.05) is 23.3 Å². The van der Waals surface area contributed by atoms with E-state index in [0.29, 0.717) is 23.6 Å². The Morgan fingerprint density at radius 1 is 1.36 bits per heavy atom. The van der Waals surface area contributed by atoms with Crippen molar-refractivity contribution in [1.82, 2.24) is 4.98 Å². The van der Waals surface area contributed by atoms with Crippen LogP contribution in [0, 0.1) is 0 Å². The highest BCUT2D eigenvalue weighted by atomic mass is 35.5. The second-order valence-electron chi connectivity index (χ2n) is 5.61. The molecule has 1 aliphatic rings. The summed E-state index contributed by atoms with van der Waals surface area (Å²) in [5.41, 5.74) is 3.37. The van der Waals surface area contributed by atoms with Gasteiger partial charge in [0.1, 0.15) is 0 Å². The largest absolute Gasteiger partial charge is 0.393 e. The van der Waals surface area contributed by atoms with Gasteiger partial charge in [-0.2, -0.15) is 0 Å². The summed E-state index contributed by atoms with van der Waals surface area (Å²) < 4.78 is 0. The number of hydrogen-bond donors (Lipinski definition) is 1. The second-order valence-corrected chi connectivity index (χ2v) is 6.05. The van der Waals surface area contributed by atoms with Crippen LogP contribution in [0.4, 0.5) is 5.69 Å². The van der Waals surface area contributed by atoms with E-state index in [1.54, 1.807) is 36.4 Å². The van der Waals surface area contributed by atoms with Crippen LogP contribution in [-0.2, 0) is 12.8 Å². The maximum Gasteiger partial charge on any atom is 0.258 e. The summed E-state index contributed by atoms with van der Waals surface area (Å²) in [5.74, 6) is -0.0334. The summed E-state index contributed by atoms with van der Waals surface area (Å²) in [6, 6.07) is 7.29. The molecule has 0 radical (unpaired) electrons. The molecule has 1 unspecified atom stereocenters. The van der Waals surface area contributed by atoms with Crippen molar-refractivity contribution in [2.24, 2.45) is 0 Å². The average molecular weight is 317 g/mol. The summed E-state index contributed by atoms with van der Waals surface area (Å²) in [6.07, 6.45) is 4.26. The lowest BCUT2D eigenvalue weighted by atomic mass is 9.98. The predicted octanol–water partition coefficient (Wildman–Crippen LogP) is 2.86. The number of benzene rings is 1. The molecular formula is C17H17ClN2O2. The number of nitrogens with zero attached hydrogens (tertiary/aromatic N) is 2. The minimum absolute atomic E-state index is 0.0334. The number of aromatic nitrogens is 1. The highest BCUT2D eigenvalue weighted by molar-refractivity contribution is 6.30. The van der Waals surface area contributed by atoms with Crippen molar-refractivity contribution in [3.63, 3.8) is 0 Å². The summed E-state index contributed by atoms with van der Waals surface area (Å²) in [4.78, 5) is 18.6. The van der Waals surface area contributed by atoms with E-state index in [0.717, 1.165) is 23.2 Å². The summed E-state index contributed by atoms with van der Waals surface area (Å²) in [6.45, 7) is 2.34. The molecule has 1 aliphatic heterocycles. The number of anilines is 1. The minimum Gasteiger partial charge on any atom is -0.393 e. The van der Waals surface area contributed by atoms with Crippen LogP contribution in [-0.4, -0.2) is 28.6 Å². The molecule has 1 aromatic carbocycles. The maximum absolute atomic E-state index is 12.7. The SMILES string of the molecule is CC(O)Cc1cncc(N2CCc3cc(Cl)ccc3C2=O)c1. The molecule has 4 nitrogen and oxygen atoms in total. The monoisotopic (exact) mass is 316 g/mol. The van der Waals surface area contributed by atoms with E-state index in [1.165, 1.54) is 0 Å². The molecule has 1 N–H and O–H groups in total. The minimum atomic E-state index is -0.433. The lowest BCUT2D eigenvalue weighted by molar-refractivity contribution is 0.0980. The van der Waals surface area contributed by atoms with Crippen molar-refractivity contribution in [3.8, 4) is 0 Å². The van der Waals surface area contributed by atoms with Crippen LogP contribution in [0.25, 0.3) is 0 Å². The van der Waals surface area contributed by atoms with Gasteiger partial charge in [0.15, 0.2) is 0 Å². The van der Waals surface area contributed by atoms with Crippen LogP contribution in [0.5, 0.6) is 0 Å². The molecule has 0 aliphatic carbocycles. The standard InChI is InChI=1S/C17H17ClN2O2/c1-11(21)6-12-7-15(10-19-9-12)20-5-4-13-8-14(18)2-3-16(13)17(20)22/h2-3,7-11,21H,4-6H2,1H3. The van der Waals surface area contributed by atoms with Gasteiger partial charge in [-0.1, -0.05) is 11.6 Å². The summed E-state index contributed by atoms with van der Waals surface area (Å²) >= 11 is 5.99. The van der Waals surface area contributed by atoms with E-state index in [-0.39, 0.29) is 5.91 Å². The van der Waals surface area contributed by atoms with E-state index >= 15 is 0 Å². The van der Waals surface area contributed by atoms with Crippen LogP contribution >= 0.6 is 11.6 Å². The van der Waals surface area contributed by atoms with Gasteiger partial charge in [-0.25, -0.2) is 0 Å². The lowest BCUT2D eigenvalue weighted by Gasteiger charge is -2.28. The smallest absolute Gasteiger partial charge is 0.258 e. The zero-order valence-electron chi connectivity index (χ0n) is 12.3. The molecule has 1 amide bonds. The van der Waals surface area contributed by atoms with E-state index < -0.39 is 6.10 Å². The number of carbonyl (C=O) groups excluding carboxylic acids is 1. The Kier molecular flexibility index (Phi) is 4.14. The Balaban J connectivity index is 1.90. The third kappa shape index (κ3) is 2.98. The topological polar surface area (TPSA) is 53.4 Å². The van der Waals surface area contributed by atoms with Crippen molar-refractivity contribution in [1.29, 1.82) is 0 Å². The Morgan fingerprint density at radius 2 is 2.18 bits per heavy atom. The van der Waals surface area contributed by atoms with Gasteiger partial charge in [-0.15, -0.1) is 0 Å². The van der Waals surface area contributed by atoms with Crippen LogP contribution in [0.2, 0.25) is 5.02 Å². The number of amides is 1. The highest BCUT2D eigenvalue weighted by Crippen LogP contribution is 2.26. The molecule has 5 heteroatoms. The molecule has 1 atom stereocenters. The summed E-state index contributed by atoms with van der Waals surface area (Å²) in [7, 11) is 0. The third-order valence-corrected chi connectivity index (χ3v) is 4.01. The highest BCUT2D eigenvalue weighted by Gasteiger charge is 2.25. The molecule has 2 heterocycles. The van der Waals surface area contributed by atoms with E-state index in [2.05, 4.69) is 4.98 Å². The van der Waals surface area contributed by atoms with Gasteiger partial charge < -0.3 is 10.0 Å². The van der Waals surface area contributed by atoms with Crippen LogP contribution in [0.15, 0.2) is 36.7 Å². The molecule has 0 spiro atoms. The van der Waals surface area contributed by atoms with E-state index in [4.69, 9.17) is 11.6 Å². The maximum atomic E-state index is 12.7. The molecule has 0 saturated heterocycles. The summed E-state index contributed by atoms with van der Waals surface area (Å²) in [5, 5.41) is 10.1. The van der Waals surface area contributed by atoms with E-state index in [9.17, 15) is 9.90 Å². The number of rotatable bonds is 3. The van der Waals surface area contributed by atoms with Gasteiger partial charge in [0.2, 0.25) is 0 Å². The Hall–Kier alpha value is -1.91. The zero-order chi connectivity index (χ0) is 15.7. The first-order chi connectivity index (χ1) is 10.5. The van der Waals surface area contributed by atoms with Gasteiger partial charge in [-0.05, 0) is 55.2 Å². The van der Waals surface area contributed by atoms with Crippen molar-refractivity contribution >= 4 is 23.2 Å². The number of aliphatic hydroxyl groups excluding tert-OH is 1. The van der Waals surface area contributed by atoms with Crippen LogP contribution in [0.3, 0.4) is 0 Å². The molecule has 114 valence electrons. The van der Waals surface area contributed by atoms with Gasteiger partial charge >= 0.3 is 0 Å². The fourth-order valence-corrected chi connectivity index (χ4v) is 2.97. The molecular weight excluding hydrogens is 300 g/mol. The zero-order valence-corrected chi connectivity index (χ0v) is 13.0. The Morgan fingerprint density at radius 3 is 2.95 bits per heavy atom. The van der Waals surface area contributed by atoms with Gasteiger partial charge in [0.25, 0.3) is 5.91 Å². The molecule has 0 fully saturated rings. The van der Waals surface area contributed by atoms with Crippen molar-refractivity contribution in [2.45, 2.75) is 25.9 Å². The number of carbonyl (C=O) groups is 1. The molecule has 3 rings (SSSR count). The third-order valence-electron chi connectivity index (χ3n) is 3.77. The fourth-order valence-electron chi connectivity index (χ4n) is 2.78. The molecule has 0 bridgehead atoms. The fraction of sp³-hybridized carbons (Fsp3) is 0.294. The number of aliphatic hydroxyl groups is 1. The first-order valence-electron chi connectivity index (χ1n) is 7.27. The molecule has 1 aromatic heterocycles. The van der Waals surface area contributed by atoms with Gasteiger partial charge in [-0.3, -0.25) is 9.78 Å². The quantitative estimate of drug-likeness (QED) is 0.947. The first kappa shape index (κ1) is 15.0. The predicted molar refractivity (Wildman–Crippen MR) is 86.5 cm³/mol. The number of fused-ring (bicyclic) bond motifs is 1. The normalized spacial score (nSPS) is 15.6. The van der Waals surface area contributed by atoms with Crippen molar-refractivity contribution < 1.29 is 9.90 Å². The van der Waals surface area contributed by atoms with Gasteiger partial charge in [0.05, 0.1) is 18.0 Å². The number of pyridine rings is 1. The first-order valence-corrected chi connectivity index (χ1v) is 7.64. The van der Waals surface area contributed by atoms with Crippen LogP contribution in [0.1, 0.15) is 28.4 Å². The van der Waals surface area contributed by atoms with Crippen LogP contribution < -0.4 is 4.90 Å². The number of hydrogen-bond acceptors (Lipinski definition) is 3. The van der Waals surface area contributed by atoms with E-state index in [1.807, 2.05) is 12.1 Å². The number of halogens is 1. The molecule has 0 saturated carbocycles. The lowest BCUT2D eigenvalue weighted by Crippen LogP contribution is -2.37. The molecule has 22 heavy (non-hydrogen) atoms. The molecule has 2 aromatic rings.